The minimum atomic E-state index is -3.52. The summed E-state index contributed by atoms with van der Waals surface area (Å²) >= 11 is 0. The number of rotatable bonds is 9. The largest absolute Gasteiger partial charge is 0.493 e. The summed E-state index contributed by atoms with van der Waals surface area (Å²) in [7, 11) is -1.69. The van der Waals surface area contributed by atoms with Gasteiger partial charge in [-0.3, -0.25) is 4.68 Å². The Balaban J connectivity index is 1.64. The third kappa shape index (κ3) is 5.18. The molecule has 10 heteroatoms. The first-order chi connectivity index (χ1) is 14.3. The zero-order valence-electron chi connectivity index (χ0n) is 17.6. The van der Waals surface area contributed by atoms with E-state index in [2.05, 4.69) is 5.10 Å². The van der Waals surface area contributed by atoms with Crippen LogP contribution in [0.5, 0.6) is 5.75 Å². The van der Waals surface area contributed by atoms with Crippen LogP contribution in [0.4, 0.5) is 4.39 Å². The molecule has 1 fully saturated rings. The van der Waals surface area contributed by atoms with Crippen LogP contribution in [0.3, 0.4) is 0 Å². The van der Waals surface area contributed by atoms with Crippen LogP contribution in [0.25, 0.3) is 0 Å². The summed E-state index contributed by atoms with van der Waals surface area (Å²) in [5.41, 5.74) is 1.62. The van der Waals surface area contributed by atoms with Crippen LogP contribution >= 0.6 is 0 Å². The van der Waals surface area contributed by atoms with Crippen molar-refractivity contribution in [2.45, 2.75) is 26.4 Å². The average molecular weight is 441 g/mol. The molecule has 1 aromatic heterocycles. The number of aromatic nitrogens is 2. The third-order valence-corrected chi connectivity index (χ3v) is 7.29. The van der Waals surface area contributed by atoms with Gasteiger partial charge in [-0.05, 0) is 18.2 Å². The number of nitrogens with zero attached hydrogens (tertiary/aromatic N) is 4. The summed E-state index contributed by atoms with van der Waals surface area (Å²) in [5, 5.41) is 4.52. The SMILES string of the molecule is CCN(CC)S(=O)(=O)N1CCO[C@H](c2cc(CCOc3cccc(F)c3)n(C)n2)C1. The summed E-state index contributed by atoms with van der Waals surface area (Å²) in [5.74, 6) is 0.138. The normalized spacial score (nSPS) is 18.1. The van der Waals surface area contributed by atoms with E-state index in [0.717, 1.165) is 5.69 Å². The van der Waals surface area contributed by atoms with Gasteiger partial charge in [-0.1, -0.05) is 19.9 Å². The maximum absolute atomic E-state index is 13.2. The molecule has 1 aromatic carbocycles. The summed E-state index contributed by atoms with van der Waals surface area (Å²) < 4.78 is 55.0. The van der Waals surface area contributed by atoms with Crippen LogP contribution in [-0.4, -0.2) is 66.2 Å². The Kier molecular flexibility index (Phi) is 7.45. The molecule has 0 bridgehead atoms. The molecule has 0 unspecified atom stereocenters. The molecule has 30 heavy (non-hydrogen) atoms. The van der Waals surface area contributed by atoms with Crippen molar-refractivity contribution in [2.75, 3.05) is 39.4 Å². The molecule has 166 valence electrons. The van der Waals surface area contributed by atoms with E-state index >= 15 is 0 Å². The highest BCUT2D eigenvalue weighted by Gasteiger charge is 2.34. The van der Waals surface area contributed by atoms with Gasteiger partial charge in [-0.15, -0.1) is 0 Å². The van der Waals surface area contributed by atoms with E-state index in [9.17, 15) is 12.8 Å². The van der Waals surface area contributed by atoms with E-state index < -0.39 is 16.3 Å². The fourth-order valence-electron chi connectivity index (χ4n) is 3.48. The van der Waals surface area contributed by atoms with Crippen molar-refractivity contribution < 1.29 is 22.3 Å². The number of aryl methyl sites for hydroxylation is 1. The number of halogens is 1. The second kappa shape index (κ2) is 9.86. The number of ether oxygens (including phenoxy) is 2. The van der Waals surface area contributed by atoms with Crippen molar-refractivity contribution in [1.82, 2.24) is 18.4 Å². The Morgan fingerprint density at radius 1 is 1.30 bits per heavy atom. The van der Waals surface area contributed by atoms with Crippen LogP contribution in [0.15, 0.2) is 30.3 Å². The summed E-state index contributed by atoms with van der Waals surface area (Å²) in [4.78, 5) is 0. The van der Waals surface area contributed by atoms with Crippen molar-refractivity contribution in [3.05, 3.63) is 47.5 Å². The van der Waals surface area contributed by atoms with Crippen LogP contribution in [-0.2, 0) is 28.4 Å². The predicted molar refractivity (Wildman–Crippen MR) is 111 cm³/mol. The number of morpholine rings is 1. The van der Waals surface area contributed by atoms with Crippen LogP contribution in [0.1, 0.15) is 31.3 Å². The van der Waals surface area contributed by atoms with Gasteiger partial charge in [0.15, 0.2) is 0 Å². The van der Waals surface area contributed by atoms with E-state index in [1.807, 2.05) is 27.0 Å². The Hall–Kier alpha value is -2.01. The Bertz CT molecular complexity index is 946. The molecule has 0 radical (unpaired) electrons. The highest BCUT2D eigenvalue weighted by Crippen LogP contribution is 2.25. The molecule has 0 amide bonds. The highest BCUT2D eigenvalue weighted by atomic mass is 32.2. The first kappa shape index (κ1) is 22.7. The Morgan fingerprint density at radius 2 is 2.07 bits per heavy atom. The first-order valence-electron chi connectivity index (χ1n) is 10.1. The second-order valence-electron chi connectivity index (χ2n) is 7.05. The van der Waals surface area contributed by atoms with Gasteiger partial charge in [-0.2, -0.15) is 22.1 Å². The van der Waals surface area contributed by atoms with Crippen molar-refractivity contribution in [2.24, 2.45) is 7.05 Å². The second-order valence-corrected chi connectivity index (χ2v) is 8.98. The lowest BCUT2D eigenvalue weighted by molar-refractivity contribution is -0.00684. The number of hydrogen-bond acceptors (Lipinski definition) is 5. The highest BCUT2D eigenvalue weighted by molar-refractivity contribution is 7.86. The molecule has 2 aromatic rings. The smallest absolute Gasteiger partial charge is 0.282 e. The van der Waals surface area contributed by atoms with Crippen LogP contribution in [0.2, 0.25) is 0 Å². The monoisotopic (exact) mass is 440 g/mol. The van der Waals surface area contributed by atoms with Crippen molar-refractivity contribution in [3.63, 3.8) is 0 Å². The first-order valence-corrected chi connectivity index (χ1v) is 11.5. The van der Waals surface area contributed by atoms with Gasteiger partial charge in [0.1, 0.15) is 17.7 Å². The number of hydrogen-bond donors (Lipinski definition) is 0. The average Bonchev–Trinajstić information content (AvgIpc) is 3.09. The summed E-state index contributed by atoms with van der Waals surface area (Å²) in [6.07, 6.45) is 0.155. The molecular formula is C20H29FN4O4S. The van der Waals surface area contributed by atoms with Gasteiger partial charge < -0.3 is 9.47 Å². The van der Waals surface area contributed by atoms with Crippen molar-refractivity contribution in [3.8, 4) is 5.75 Å². The van der Waals surface area contributed by atoms with E-state index in [1.165, 1.54) is 20.7 Å². The molecule has 8 nitrogen and oxygen atoms in total. The predicted octanol–water partition coefficient (Wildman–Crippen LogP) is 2.14. The molecule has 0 N–H and O–H groups in total. The maximum atomic E-state index is 13.2. The lowest BCUT2D eigenvalue weighted by Gasteiger charge is -2.34. The lowest BCUT2D eigenvalue weighted by Crippen LogP contribution is -2.49. The summed E-state index contributed by atoms with van der Waals surface area (Å²) in [6, 6.07) is 7.93. The Labute approximate surface area is 177 Å². The molecule has 0 aliphatic carbocycles. The fraction of sp³-hybridized carbons (Fsp3) is 0.550. The molecule has 1 aliphatic rings. The van der Waals surface area contributed by atoms with E-state index in [-0.39, 0.29) is 12.4 Å². The zero-order valence-corrected chi connectivity index (χ0v) is 18.4. The molecule has 3 rings (SSSR count). The topological polar surface area (TPSA) is 76.9 Å². The standard InChI is InChI=1S/C20H29FN4O4S/c1-4-24(5-2)30(26,27)25-10-12-29-20(15-25)19-14-17(23(3)22-19)9-11-28-18-8-6-7-16(21)13-18/h6-8,13-14,20H,4-5,9-12,15H2,1-3H3/t20-/m0/s1. The molecule has 2 heterocycles. The molecule has 1 aliphatic heterocycles. The van der Waals surface area contributed by atoms with Gasteiger partial charge >= 0.3 is 0 Å². The minimum Gasteiger partial charge on any atom is -0.493 e. The Morgan fingerprint density at radius 3 is 2.77 bits per heavy atom. The lowest BCUT2D eigenvalue weighted by atomic mass is 10.2. The van der Waals surface area contributed by atoms with E-state index in [0.29, 0.717) is 50.7 Å². The van der Waals surface area contributed by atoms with E-state index in [4.69, 9.17) is 9.47 Å². The molecule has 0 saturated carbocycles. The third-order valence-electron chi connectivity index (χ3n) is 5.14. The molecular weight excluding hydrogens is 411 g/mol. The minimum absolute atomic E-state index is 0.231. The van der Waals surface area contributed by atoms with Gasteiger partial charge in [0.05, 0.1) is 18.9 Å². The van der Waals surface area contributed by atoms with Crippen LogP contribution < -0.4 is 4.74 Å². The van der Waals surface area contributed by atoms with Gasteiger partial charge in [-0.25, -0.2) is 4.39 Å². The molecule has 1 saturated heterocycles. The van der Waals surface area contributed by atoms with Gasteiger partial charge in [0.25, 0.3) is 10.2 Å². The number of benzene rings is 1. The van der Waals surface area contributed by atoms with Crippen molar-refractivity contribution >= 4 is 10.2 Å². The van der Waals surface area contributed by atoms with Crippen LogP contribution in [0, 0.1) is 5.82 Å². The van der Waals surface area contributed by atoms with Gasteiger partial charge in [0, 0.05) is 51.4 Å². The van der Waals surface area contributed by atoms with Crippen molar-refractivity contribution in [1.29, 1.82) is 0 Å². The zero-order chi connectivity index (χ0) is 21.7. The quantitative estimate of drug-likeness (QED) is 0.597. The van der Waals surface area contributed by atoms with E-state index in [1.54, 1.807) is 16.8 Å². The maximum Gasteiger partial charge on any atom is 0.282 e. The molecule has 0 spiro atoms. The fourth-order valence-corrected chi connectivity index (χ4v) is 5.09. The molecule has 1 atom stereocenters. The summed E-state index contributed by atoms with van der Waals surface area (Å²) in [6.45, 7) is 5.77. The van der Waals surface area contributed by atoms with Gasteiger partial charge in [0.2, 0.25) is 0 Å².